The van der Waals surface area contributed by atoms with Gasteiger partial charge in [-0.3, -0.25) is 0 Å². The van der Waals surface area contributed by atoms with Crippen molar-refractivity contribution in [2.45, 2.75) is 0 Å². The third-order valence-corrected chi connectivity index (χ3v) is 11.7. The first-order valence-corrected chi connectivity index (χ1v) is 20.5. The number of hydrogen-bond donors (Lipinski definition) is 0. The van der Waals surface area contributed by atoms with E-state index in [1.807, 2.05) is 12.1 Å². The number of benzene rings is 10. The van der Waals surface area contributed by atoms with Crippen LogP contribution in [0.3, 0.4) is 0 Å². The van der Waals surface area contributed by atoms with Crippen molar-refractivity contribution in [3.8, 4) is 55.6 Å². The molecule has 0 fully saturated rings. The molecule has 0 aliphatic carbocycles. The Balaban J connectivity index is 0.969. The molecule has 0 bridgehead atoms. The van der Waals surface area contributed by atoms with E-state index in [0.29, 0.717) is 0 Å². The SMILES string of the molecule is c1ccc(-c2cccc(-c3ccc(N(c4ccc(-c5ccc6oc7ccccc7c6c5)cc4)c4ccc(-c5ccc(-c6ccccc6)c6ccccc56)cc4)cc3)c2)cc1. The highest BCUT2D eigenvalue weighted by atomic mass is 16.3. The van der Waals surface area contributed by atoms with Crippen molar-refractivity contribution in [1.29, 1.82) is 0 Å². The van der Waals surface area contributed by atoms with Gasteiger partial charge in [-0.25, -0.2) is 0 Å². The van der Waals surface area contributed by atoms with Crippen LogP contribution in [0.1, 0.15) is 0 Å². The van der Waals surface area contributed by atoms with Gasteiger partial charge in [0.2, 0.25) is 0 Å². The molecule has 60 heavy (non-hydrogen) atoms. The molecule has 0 spiro atoms. The maximum atomic E-state index is 6.13. The standard InChI is InChI=1S/C58H39NO/c1-3-12-40(13-4-1)45-16-11-17-46(38-45)41-22-29-48(30-23-41)59(49-31-24-42(25-32-49)47-28-37-58-56(39-47)55-20-9-10-21-57(55)60-58)50-33-26-44(27-34-50)52-36-35-51(43-14-5-2-6-15-43)53-18-7-8-19-54(52)53/h1-39H. The van der Waals surface area contributed by atoms with E-state index in [0.717, 1.165) is 50.1 Å². The number of fused-ring (bicyclic) bond motifs is 4. The minimum absolute atomic E-state index is 0.904. The van der Waals surface area contributed by atoms with Crippen LogP contribution >= 0.6 is 0 Å². The smallest absolute Gasteiger partial charge is 0.135 e. The van der Waals surface area contributed by atoms with Crippen LogP contribution in [0.2, 0.25) is 0 Å². The third-order valence-electron chi connectivity index (χ3n) is 11.7. The first-order valence-electron chi connectivity index (χ1n) is 20.5. The van der Waals surface area contributed by atoms with Gasteiger partial charge < -0.3 is 9.32 Å². The summed E-state index contributed by atoms with van der Waals surface area (Å²) in [4.78, 5) is 2.35. The second-order valence-electron chi connectivity index (χ2n) is 15.3. The highest BCUT2D eigenvalue weighted by Gasteiger charge is 2.16. The summed E-state index contributed by atoms with van der Waals surface area (Å²) >= 11 is 0. The van der Waals surface area contributed by atoms with Crippen LogP contribution in [0.4, 0.5) is 17.1 Å². The first kappa shape index (κ1) is 35.2. The number of anilines is 3. The van der Waals surface area contributed by atoms with Gasteiger partial charge in [-0.2, -0.15) is 0 Å². The summed E-state index contributed by atoms with van der Waals surface area (Å²) in [7, 11) is 0. The van der Waals surface area contributed by atoms with Crippen LogP contribution in [0, 0.1) is 0 Å². The van der Waals surface area contributed by atoms with Crippen LogP contribution in [0.15, 0.2) is 241 Å². The maximum Gasteiger partial charge on any atom is 0.135 e. The van der Waals surface area contributed by atoms with Gasteiger partial charge in [-0.1, -0.05) is 176 Å². The van der Waals surface area contributed by atoms with Crippen molar-refractivity contribution in [3.63, 3.8) is 0 Å². The van der Waals surface area contributed by atoms with Crippen molar-refractivity contribution in [1.82, 2.24) is 0 Å². The summed E-state index contributed by atoms with van der Waals surface area (Å²) in [5.74, 6) is 0. The molecule has 1 aromatic heterocycles. The van der Waals surface area contributed by atoms with Crippen LogP contribution < -0.4 is 4.90 Å². The molecule has 0 N–H and O–H groups in total. The minimum atomic E-state index is 0.904. The third kappa shape index (κ3) is 6.51. The van der Waals surface area contributed by atoms with Crippen molar-refractivity contribution in [3.05, 3.63) is 237 Å². The molecule has 282 valence electrons. The molecule has 0 unspecified atom stereocenters. The summed E-state index contributed by atoms with van der Waals surface area (Å²) in [6.07, 6.45) is 0. The van der Waals surface area contributed by atoms with E-state index in [-0.39, 0.29) is 0 Å². The summed E-state index contributed by atoms with van der Waals surface area (Å²) in [5, 5.41) is 4.76. The topological polar surface area (TPSA) is 16.4 Å². The molecule has 1 heterocycles. The molecule has 2 heteroatoms. The zero-order valence-electron chi connectivity index (χ0n) is 32.9. The quantitative estimate of drug-likeness (QED) is 0.153. The molecule has 0 saturated heterocycles. The van der Waals surface area contributed by atoms with E-state index < -0.39 is 0 Å². The zero-order chi connectivity index (χ0) is 39.8. The Morgan fingerprint density at radius 1 is 0.233 bits per heavy atom. The maximum absolute atomic E-state index is 6.13. The Morgan fingerprint density at radius 2 is 0.617 bits per heavy atom. The molecule has 11 aromatic rings. The van der Waals surface area contributed by atoms with Crippen molar-refractivity contribution in [2.75, 3.05) is 4.90 Å². The predicted octanol–water partition coefficient (Wildman–Crippen LogP) is 16.5. The van der Waals surface area contributed by atoms with Gasteiger partial charge in [0.15, 0.2) is 0 Å². The lowest BCUT2D eigenvalue weighted by atomic mass is 9.92. The first-order chi connectivity index (χ1) is 29.7. The van der Waals surface area contributed by atoms with Gasteiger partial charge >= 0.3 is 0 Å². The van der Waals surface area contributed by atoms with Gasteiger partial charge in [-0.15, -0.1) is 0 Å². The number of furan rings is 1. The Bertz CT molecular complexity index is 3270. The van der Waals surface area contributed by atoms with Crippen LogP contribution in [-0.4, -0.2) is 0 Å². The molecule has 0 saturated carbocycles. The molecular weight excluding hydrogens is 727 g/mol. The lowest BCUT2D eigenvalue weighted by Crippen LogP contribution is -2.09. The molecule has 0 aliphatic rings. The van der Waals surface area contributed by atoms with E-state index in [2.05, 4.69) is 229 Å². The summed E-state index contributed by atoms with van der Waals surface area (Å²) in [6, 6.07) is 84.9. The van der Waals surface area contributed by atoms with Gasteiger partial charge in [0.05, 0.1) is 0 Å². The number of hydrogen-bond acceptors (Lipinski definition) is 2. The molecule has 10 aromatic carbocycles. The molecular formula is C58H39NO. The van der Waals surface area contributed by atoms with Crippen LogP contribution in [0.5, 0.6) is 0 Å². The highest BCUT2D eigenvalue weighted by Crippen LogP contribution is 2.41. The zero-order valence-corrected chi connectivity index (χ0v) is 32.9. The normalized spacial score (nSPS) is 11.3. The average Bonchev–Trinajstić information content (AvgIpc) is 3.71. The lowest BCUT2D eigenvalue weighted by molar-refractivity contribution is 0.669. The molecule has 0 radical (unpaired) electrons. The lowest BCUT2D eigenvalue weighted by Gasteiger charge is -2.26. The molecule has 0 amide bonds. The van der Waals surface area contributed by atoms with Gasteiger partial charge in [0, 0.05) is 27.8 Å². The summed E-state index contributed by atoms with van der Waals surface area (Å²) < 4.78 is 6.13. The molecule has 2 nitrogen and oxygen atoms in total. The fraction of sp³-hybridized carbons (Fsp3) is 0. The molecule has 0 atom stereocenters. The minimum Gasteiger partial charge on any atom is -0.456 e. The Labute approximate surface area is 349 Å². The predicted molar refractivity (Wildman–Crippen MR) is 253 cm³/mol. The highest BCUT2D eigenvalue weighted by molar-refractivity contribution is 6.07. The Morgan fingerprint density at radius 3 is 1.18 bits per heavy atom. The van der Waals surface area contributed by atoms with Gasteiger partial charge in [0.25, 0.3) is 0 Å². The second-order valence-corrected chi connectivity index (χ2v) is 15.3. The summed E-state index contributed by atoms with van der Waals surface area (Å²) in [5.41, 5.74) is 17.0. The second kappa shape index (κ2) is 15.1. The molecule has 11 rings (SSSR count). The van der Waals surface area contributed by atoms with E-state index >= 15 is 0 Å². The monoisotopic (exact) mass is 765 g/mol. The van der Waals surface area contributed by atoms with E-state index in [4.69, 9.17) is 4.42 Å². The summed E-state index contributed by atoms with van der Waals surface area (Å²) in [6.45, 7) is 0. The van der Waals surface area contributed by atoms with Crippen LogP contribution in [0.25, 0.3) is 88.3 Å². The van der Waals surface area contributed by atoms with Crippen molar-refractivity contribution >= 4 is 49.8 Å². The van der Waals surface area contributed by atoms with Gasteiger partial charge in [-0.05, 0) is 127 Å². The van der Waals surface area contributed by atoms with Crippen molar-refractivity contribution < 1.29 is 4.42 Å². The van der Waals surface area contributed by atoms with Gasteiger partial charge in [0.1, 0.15) is 11.2 Å². The van der Waals surface area contributed by atoms with Crippen LogP contribution in [-0.2, 0) is 0 Å². The Hall–Kier alpha value is -7.94. The fourth-order valence-corrected chi connectivity index (χ4v) is 8.68. The van der Waals surface area contributed by atoms with Crippen molar-refractivity contribution in [2.24, 2.45) is 0 Å². The number of rotatable bonds is 8. The van der Waals surface area contributed by atoms with E-state index in [9.17, 15) is 0 Å². The van der Waals surface area contributed by atoms with E-state index in [1.165, 1.54) is 55.3 Å². The number of nitrogens with zero attached hydrogens (tertiary/aromatic N) is 1. The number of para-hydroxylation sites is 1. The Kier molecular flexibility index (Phi) is 8.87. The molecule has 0 aliphatic heterocycles. The largest absolute Gasteiger partial charge is 0.456 e. The van der Waals surface area contributed by atoms with E-state index in [1.54, 1.807) is 0 Å². The fourth-order valence-electron chi connectivity index (χ4n) is 8.68. The average molecular weight is 766 g/mol.